The van der Waals surface area contributed by atoms with E-state index < -0.39 is 35.4 Å². The first kappa shape index (κ1) is 22.3. The standard InChI is InChI=1S/C24H26O7/c1-7-13(3)22(26)29-20-16-11-15-9-10-19(25)28-17(15)12-18(16)31-24(5,6)21(20)30-23(27)14(4)8-2/h7-12,20-21H,1-6H3/b13-7+,14-8+. The van der Waals surface area contributed by atoms with E-state index in [1.165, 1.54) is 6.07 Å². The Bertz CT molecular complexity index is 1150. The lowest BCUT2D eigenvalue weighted by Crippen LogP contribution is -2.52. The van der Waals surface area contributed by atoms with E-state index in [4.69, 9.17) is 18.6 Å². The van der Waals surface area contributed by atoms with E-state index in [-0.39, 0.29) is 0 Å². The van der Waals surface area contributed by atoms with Crippen molar-refractivity contribution in [3.8, 4) is 5.75 Å². The summed E-state index contributed by atoms with van der Waals surface area (Å²) in [5.41, 5.74) is 0.200. The second-order valence-corrected chi connectivity index (χ2v) is 7.98. The number of carbonyl (C=O) groups is 2. The number of hydrogen-bond acceptors (Lipinski definition) is 7. The first-order valence-electron chi connectivity index (χ1n) is 10.0. The molecule has 1 aromatic heterocycles. The van der Waals surface area contributed by atoms with Gasteiger partial charge in [0.1, 0.15) is 16.9 Å². The SMILES string of the molecule is C/C=C(\C)C(=O)OC1c2cc3ccc(=O)oc3cc2OC(C)(C)C1OC(=O)/C(C)=C/C. The van der Waals surface area contributed by atoms with Gasteiger partial charge in [0.15, 0.2) is 12.2 Å². The van der Waals surface area contributed by atoms with E-state index in [0.717, 1.165) is 0 Å². The maximum atomic E-state index is 12.6. The number of esters is 2. The van der Waals surface area contributed by atoms with Crippen LogP contribution in [0.4, 0.5) is 0 Å². The third-order valence-corrected chi connectivity index (χ3v) is 5.37. The van der Waals surface area contributed by atoms with E-state index in [2.05, 4.69) is 0 Å². The van der Waals surface area contributed by atoms with Crippen molar-refractivity contribution in [3.63, 3.8) is 0 Å². The maximum absolute atomic E-state index is 12.6. The third kappa shape index (κ3) is 4.40. The van der Waals surface area contributed by atoms with Crippen LogP contribution in [0.25, 0.3) is 11.0 Å². The molecule has 0 bridgehead atoms. The highest BCUT2D eigenvalue weighted by Crippen LogP contribution is 2.45. The van der Waals surface area contributed by atoms with Crippen LogP contribution < -0.4 is 10.4 Å². The minimum absolute atomic E-state index is 0.344. The zero-order valence-electron chi connectivity index (χ0n) is 18.5. The largest absolute Gasteiger partial charge is 0.483 e. The first-order chi connectivity index (χ1) is 14.6. The number of ether oxygens (including phenoxy) is 3. The van der Waals surface area contributed by atoms with Crippen LogP contribution in [-0.4, -0.2) is 23.6 Å². The van der Waals surface area contributed by atoms with Crippen LogP contribution in [0.3, 0.4) is 0 Å². The van der Waals surface area contributed by atoms with Crippen LogP contribution in [-0.2, 0) is 19.1 Å². The number of allylic oxidation sites excluding steroid dienone is 2. The van der Waals surface area contributed by atoms with E-state index in [0.29, 0.717) is 33.4 Å². The van der Waals surface area contributed by atoms with Crippen molar-refractivity contribution in [2.24, 2.45) is 0 Å². The normalized spacial score (nSPS) is 20.6. The molecule has 2 heterocycles. The van der Waals surface area contributed by atoms with Crippen LogP contribution in [0, 0.1) is 0 Å². The van der Waals surface area contributed by atoms with Gasteiger partial charge < -0.3 is 18.6 Å². The fraction of sp³-hybridized carbons (Fsp3) is 0.375. The molecule has 0 saturated carbocycles. The van der Waals surface area contributed by atoms with Crippen molar-refractivity contribution in [1.82, 2.24) is 0 Å². The molecule has 0 saturated heterocycles. The Kier molecular flexibility index (Phi) is 6.06. The Morgan fingerprint density at radius 2 is 1.61 bits per heavy atom. The molecule has 7 heteroatoms. The van der Waals surface area contributed by atoms with Crippen LogP contribution in [0.2, 0.25) is 0 Å². The van der Waals surface area contributed by atoms with Gasteiger partial charge in [0, 0.05) is 34.2 Å². The summed E-state index contributed by atoms with van der Waals surface area (Å²) < 4.78 is 23.0. The summed E-state index contributed by atoms with van der Waals surface area (Å²) in [5.74, 6) is -0.666. The van der Waals surface area contributed by atoms with Crippen LogP contribution in [0.5, 0.6) is 5.75 Å². The molecule has 0 fully saturated rings. The third-order valence-electron chi connectivity index (χ3n) is 5.37. The Morgan fingerprint density at radius 1 is 1.00 bits per heavy atom. The Hall–Kier alpha value is -3.35. The molecule has 0 aliphatic carbocycles. The van der Waals surface area contributed by atoms with Gasteiger partial charge in [-0.1, -0.05) is 12.2 Å². The van der Waals surface area contributed by atoms with E-state index >= 15 is 0 Å². The van der Waals surface area contributed by atoms with Crippen molar-refractivity contribution >= 4 is 22.9 Å². The molecule has 164 valence electrons. The summed E-state index contributed by atoms with van der Waals surface area (Å²) >= 11 is 0. The molecule has 0 radical (unpaired) electrons. The number of hydrogen-bond donors (Lipinski definition) is 0. The van der Waals surface area contributed by atoms with E-state index in [1.54, 1.807) is 71.9 Å². The highest BCUT2D eigenvalue weighted by molar-refractivity contribution is 5.89. The monoisotopic (exact) mass is 426 g/mol. The quantitative estimate of drug-likeness (QED) is 0.407. The minimum Gasteiger partial charge on any atom is -0.483 e. The molecule has 0 N–H and O–H groups in total. The first-order valence-corrected chi connectivity index (χ1v) is 10.0. The van der Waals surface area contributed by atoms with Crippen molar-refractivity contribution in [1.29, 1.82) is 0 Å². The van der Waals surface area contributed by atoms with Gasteiger partial charge in [-0.3, -0.25) is 0 Å². The van der Waals surface area contributed by atoms with Gasteiger partial charge in [0.25, 0.3) is 0 Å². The predicted octanol–water partition coefficient (Wildman–Crippen LogP) is 4.39. The lowest BCUT2D eigenvalue weighted by Gasteiger charge is -2.43. The molecular weight excluding hydrogens is 400 g/mol. The average Bonchev–Trinajstić information content (AvgIpc) is 2.73. The number of fused-ring (bicyclic) bond motifs is 2. The fourth-order valence-electron chi connectivity index (χ4n) is 3.28. The summed E-state index contributed by atoms with van der Waals surface area (Å²) in [6, 6.07) is 6.23. The van der Waals surface area contributed by atoms with Crippen LogP contribution in [0.1, 0.15) is 53.2 Å². The molecule has 1 aromatic carbocycles. The molecule has 1 aliphatic rings. The number of benzene rings is 1. The Morgan fingerprint density at radius 3 is 2.23 bits per heavy atom. The van der Waals surface area contributed by atoms with E-state index in [1.807, 2.05) is 0 Å². The summed E-state index contributed by atoms with van der Waals surface area (Å²) in [7, 11) is 0. The number of carbonyl (C=O) groups excluding carboxylic acids is 2. The summed E-state index contributed by atoms with van der Waals surface area (Å²) in [6.07, 6.45) is 1.46. The second kappa shape index (κ2) is 8.41. The smallest absolute Gasteiger partial charge is 0.336 e. The van der Waals surface area contributed by atoms with Gasteiger partial charge in [0.2, 0.25) is 0 Å². The molecule has 2 unspecified atom stereocenters. The van der Waals surface area contributed by atoms with Gasteiger partial charge in [-0.15, -0.1) is 0 Å². The lowest BCUT2D eigenvalue weighted by molar-refractivity contribution is -0.185. The highest BCUT2D eigenvalue weighted by Gasteiger charge is 2.49. The Labute approximate surface area is 180 Å². The van der Waals surface area contributed by atoms with Gasteiger partial charge in [-0.2, -0.15) is 0 Å². The van der Waals surface area contributed by atoms with Crippen molar-refractivity contribution in [2.75, 3.05) is 0 Å². The van der Waals surface area contributed by atoms with Gasteiger partial charge in [-0.05, 0) is 53.7 Å². The second-order valence-electron chi connectivity index (χ2n) is 7.98. The molecule has 2 aromatic rings. The van der Waals surface area contributed by atoms with Crippen LogP contribution >= 0.6 is 0 Å². The van der Waals surface area contributed by atoms with Crippen molar-refractivity contribution in [2.45, 2.75) is 59.4 Å². The summed E-state index contributed by atoms with van der Waals surface area (Å²) in [5, 5.41) is 0.625. The molecule has 3 rings (SSSR count). The average molecular weight is 426 g/mol. The molecule has 31 heavy (non-hydrogen) atoms. The zero-order chi connectivity index (χ0) is 22.9. The van der Waals surface area contributed by atoms with Gasteiger partial charge in [0.05, 0.1) is 0 Å². The molecule has 0 spiro atoms. The predicted molar refractivity (Wildman–Crippen MR) is 115 cm³/mol. The van der Waals surface area contributed by atoms with E-state index in [9.17, 15) is 14.4 Å². The Balaban J connectivity index is 2.16. The maximum Gasteiger partial charge on any atom is 0.336 e. The molecule has 1 aliphatic heterocycles. The molecule has 2 atom stereocenters. The molecular formula is C24H26O7. The summed E-state index contributed by atoms with van der Waals surface area (Å²) in [6.45, 7) is 10.3. The van der Waals surface area contributed by atoms with Crippen molar-refractivity contribution in [3.05, 3.63) is 63.5 Å². The van der Waals surface area contributed by atoms with Gasteiger partial charge >= 0.3 is 17.6 Å². The highest BCUT2D eigenvalue weighted by atomic mass is 16.6. The molecule has 0 amide bonds. The molecule has 7 nitrogen and oxygen atoms in total. The lowest BCUT2D eigenvalue weighted by atomic mass is 9.87. The number of rotatable bonds is 4. The fourth-order valence-corrected chi connectivity index (χ4v) is 3.28. The zero-order valence-corrected chi connectivity index (χ0v) is 18.5. The minimum atomic E-state index is -1.03. The van der Waals surface area contributed by atoms with Crippen molar-refractivity contribution < 1.29 is 28.2 Å². The van der Waals surface area contributed by atoms with Gasteiger partial charge in [-0.25, -0.2) is 14.4 Å². The van der Waals surface area contributed by atoms with Crippen LogP contribution in [0.15, 0.2) is 56.8 Å². The topological polar surface area (TPSA) is 92.0 Å². The summed E-state index contributed by atoms with van der Waals surface area (Å²) in [4.78, 5) is 36.8.